The second-order valence-electron chi connectivity index (χ2n) is 5.81. The van der Waals surface area contributed by atoms with E-state index in [0.717, 1.165) is 4.73 Å². The van der Waals surface area contributed by atoms with E-state index < -0.39 is 0 Å². The van der Waals surface area contributed by atoms with Gasteiger partial charge in [0.1, 0.15) is 0 Å². The van der Waals surface area contributed by atoms with Crippen LogP contribution in [0, 0.1) is 0 Å². The van der Waals surface area contributed by atoms with E-state index in [2.05, 4.69) is 15.4 Å². The summed E-state index contributed by atoms with van der Waals surface area (Å²) < 4.78 is 11.0. The maximum absolute atomic E-state index is 11.5. The number of benzene rings is 1. The van der Waals surface area contributed by atoms with Crippen molar-refractivity contribution in [3.05, 3.63) is 30.8 Å². The van der Waals surface area contributed by atoms with Gasteiger partial charge in [-0.05, 0) is 30.7 Å². The Balaban J connectivity index is 1.81. The standard InChI is InChI=1S/C16H18N5O5/c1-10(2)26-15(22)5-6-18-16-19-21(24)13-7-11(14-8-17-9-25-14)3-4-12(13)20(16)23/h3-4,7-10,23H,5-6H2,1-2H3,(H,18,19,24)/q+1/p+1. The number of nitrogens with one attached hydrogen (secondary N) is 1. The molecule has 3 N–H and O–H groups in total. The van der Waals surface area contributed by atoms with Gasteiger partial charge < -0.3 is 14.4 Å². The summed E-state index contributed by atoms with van der Waals surface area (Å²) in [7, 11) is 0. The van der Waals surface area contributed by atoms with E-state index in [4.69, 9.17) is 9.15 Å². The number of ether oxygens (including phenoxy) is 1. The minimum atomic E-state index is -0.369. The molecule has 0 saturated heterocycles. The van der Waals surface area contributed by atoms with Crippen molar-refractivity contribution in [2.24, 2.45) is 0 Å². The molecule has 0 aliphatic heterocycles. The second-order valence-corrected chi connectivity index (χ2v) is 5.81. The van der Waals surface area contributed by atoms with Crippen LogP contribution < -0.4 is 14.9 Å². The van der Waals surface area contributed by atoms with E-state index >= 15 is 0 Å². The van der Waals surface area contributed by atoms with Crippen molar-refractivity contribution in [3.8, 4) is 11.3 Å². The SMILES string of the molecule is CC(C)OC(=O)CCNc1n[n+](O)c2cc(-c3cnco3)ccc2[n+]1O. The number of nitrogens with zero attached hydrogens (tertiary/aromatic N) is 4. The third-order valence-electron chi connectivity index (χ3n) is 3.51. The van der Waals surface area contributed by atoms with Gasteiger partial charge >= 0.3 is 17.4 Å². The van der Waals surface area contributed by atoms with Crippen LogP contribution >= 0.6 is 0 Å². The molecular weight excluding hydrogens is 342 g/mol. The largest absolute Gasteiger partial charge is 0.500 e. The van der Waals surface area contributed by atoms with E-state index in [-0.39, 0.29) is 36.5 Å². The number of rotatable bonds is 6. The molecule has 10 heteroatoms. The fourth-order valence-electron chi connectivity index (χ4n) is 2.38. The Bertz CT molecular complexity index is 926. The molecule has 3 aromatic rings. The first-order chi connectivity index (χ1) is 12.5. The van der Waals surface area contributed by atoms with Gasteiger partial charge in [-0.15, -0.1) is 0 Å². The topological polar surface area (TPSA) is 125 Å². The molecule has 2 aromatic heterocycles. The lowest BCUT2D eigenvalue weighted by atomic mass is 10.1. The van der Waals surface area contributed by atoms with Crippen LogP contribution in [-0.4, -0.2) is 39.1 Å². The van der Waals surface area contributed by atoms with Crippen LogP contribution in [0.2, 0.25) is 0 Å². The molecule has 0 atom stereocenters. The molecule has 0 aliphatic carbocycles. The zero-order chi connectivity index (χ0) is 18.7. The first-order valence-electron chi connectivity index (χ1n) is 7.98. The van der Waals surface area contributed by atoms with Crippen LogP contribution in [0.25, 0.3) is 22.4 Å². The molecular formula is C16H19N5O5+2. The number of esters is 1. The number of fused-ring (bicyclic) bond motifs is 1. The molecule has 0 bridgehead atoms. The minimum Gasteiger partial charge on any atom is -0.463 e. The average molecular weight is 361 g/mol. The van der Waals surface area contributed by atoms with Gasteiger partial charge in [-0.25, -0.2) is 10.2 Å². The Morgan fingerprint density at radius 3 is 2.85 bits per heavy atom. The smallest absolute Gasteiger partial charge is 0.463 e. The quantitative estimate of drug-likeness (QED) is 0.333. The number of anilines is 1. The summed E-state index contributed by atoms with van der Waals surface area (Å²) in [5.74, 6) is 0.123. The minimum absolute atomic E-state index is 0.0234. The maximum atomic E-state index is 11.5. The van der Waals surface area contributed by atoms with Crippen molar-refractivity contribution in [2.75, 3.05) is 11.9 Å². The molecule has 0 aliphatic rings. The van der Waals surface area contributed by atoms with Crippen molar-refractivity contribution < 1.29 is 33.9 Å². The van der Waals surface area contributed by atoms with Gasteiger partial charge in [-0.3, -0.25) is 10.1 Å². The summed E-state index contributed by atoms with van der Waals surface area (Å²) in [6.07, 6.45) is 2.74. The van der Waals surface area contributed by atoms with E-state index in [1.807, 2.05) is 0 Å². The molecule has 2 heterocycles. The molecule has 26 heavy (non-hydrogen) atoms. The van der Waals surface area contributed by atoms with Gasteiger partial charge in [0.05, 0.1) is 25.3 Å². The Morgan fingerprint density at radius 1 is 1.35 bits per heavy atom. The van der Waals surface area contributed by atoms with Gasteiger partial charge in [-0.1, -0.05) is 0 Å². The van der Waals surface area contributed by atoms with Gasteiger partial charge in [-0.2, -0.15) is 0 Å². The van der Waals surface area contributed by atoms with Crippen LogP contribution in [0.1, 0.15) is 20.3 Å². The highest BCUT2D eigenvalue weighted by molar-refractivity contribution is 5.75. The summed E-state index contributed by atoms with van der Waals surface area (Å²) in [4.78, 5) is 16.0. The third kappa shape index (κ3) is 3.63. The summed E-state index contributed by atoms with van der Waals surface area (Å²) in [6.45, 7) is 3.71. The average Bonchev–Trinajstić information content (AvgIpc) is 3.12. The molecule has 0 radical (unpaired) electrons. The second kappa shape index (κ2) is 7.21. The summed E-state index contributed by atoms with van der Waals surface area (Å²) in [5.41, 5.74) is 1.22. The van der Waals surface area contributed by atoms with Crippen molar-refractivity contribution in [1.29, 1.82) is 0 Å². The van der Waals surface area contributed by atoms with E-state index in [1.165, 1.54) is 12.6 Å². The summed E-state index contributed by atoms with van der Waals surface area (Å²) in [6, 6.07) is 4.90. The lowest BCUT2D eigenvalue weighted by Gasteiger charge is -2.06. The number of carbonyl (C=O) groups is 1. The summed E-state index contributed by atoms with van der Waals surface area (Å²) >= 11 is 0. The predicted molar refractivity (Wildman–Crippen MR) is 86.3 cm³/mol. The van der Waals surface area contributed by atoms with Crippen molar-refractivity contribution in [2.45, 2.75) is 26.4 Å². The molecule has 3 rings (SSSR count). The molecule has 0 unspecified atom stereocenters. The molecule has 0 spiro atoms. The molecule has 0 amide bonds. The Labute approximate surface area is 148 Å². The molecule has 0 fully saturated rings. The number of hydrogen-bond acceptors (Lipinski definition) is 8. The Morgan fingerprint density at radius 2 is 2.15 bits per heavy atom. The summed E-state index contributed by atoms with van der Waals surface area (Å²) in [5, 5.41) is 27.1. The lowest BCUT2D eigenvalue weighted by molar-refractivity contribution is -0.950. The first-order valence-corrected chi connectivity index (χ1v) is 7.98. The van der Waals surface area contributed by atoms with Crippen LogP contribution in [0.3, 0.4) is 0 Å². The fourth-order valence-corrected chi connectivity index (χ4v) is 2.38. The zero-order valence-corrected chi connectivity index (χ0v) is 14.3. The molecule has 136 valence electrons. The van der Waals surface area contributed by atoms with Gasteiger partial charge in [0.25, 0.3) is 5.10 Å². The number of oxazole rings is 1. The van der Waals surface area contributed by atoms with Crippen LogP contribution in [0.15, 0.2) is 35.2 Å². The van der Waals surface area contributed by atoms with Gasteiger partial charge in [0.15, 0.2) is 12.2 Å². The monoisotopic (exact) mass is 361 g/mol. The number of carbonyl (C=O) groups excluding carboxylic acids is 1. The molecule has 0 saturated carbocycles. The first kappa shape index (κ1) is 17.4. The molecule has 1 aromatic carbocycles. The Hall–Kier alpha value is -3.43. The van der Waals surface area contributed by atoms with E-state index in [0.29, 0.717) is 21.7 Å². The fraction of sp³-hybridized carbons (Fsp3) is 0.312. The zero-order valence-electron chi connectivity index (χ0n) is 14.3. The van der Waals surface area contributed by atoms with E-state index in [1.54, 1.807) is 32.0 Å². The van der Waals surface area contributed by atoms with Crippen molar-refractivity contribution >= 4 is 23.0 Å². The number of aromatic nitrogens is 4. The normalized spacial score (nSPS) is 11.0. The lowest BCUT2D eigenvalue weighted by Crippen LogP contribution is -2.47. The molecule has 10 nitrogen and oxygen atoms in total. The highest BCUT2D eigenvalue weighted by Gasteiger charge is 2.28. The van der Waals surface area contributed by atoms with Crippen LogP contribution in [0.5, 0.6) is 0 Å². The van der Waals surface area contributed by atoms with E-state index in [9.17, 15) is 15.2 Å². The van der Waals surface area contributed by atoms with Gasteiger partial charge in [0.2, 0.25) is 10.4 Å². The van der Waals surface area contributed by atoms with Gasteiger partial charge in [0, 0.05) is 11.6 Å². The van der Waals surface area contributed by atoms with Crippen LogP contribution in [0.4, 0.5) is 5.95 Å². The van der Waals surface area contributed by atoms with Crippen LogP contribution in [-0.2, 0) is 9.53 Å². The highest BCUT2D eigenvalue weighted by Crippen LogP contribution is 2.21. The highest BCUT2D eigenvalue weighted by atomic mass is 16.5. The third-order valence-corrected chi connectivity index (χ3v) is 3.51. The van der Waals surface area contributed by atoms with Crippen molar-refractivity contribution in [1.82, 2.24) is 10.1 Å². The van der Waals surface area contributed by atoms with Crippen molar-refractivity contribution in [3.63, 3.8) is 0 Å². The Kier molecular flexibility index (Phi) is 4.83. The number of hydrogen-bond donors (Lipinski definition) is 3. The predicted octanol–water partition coefficient (Wildman–Crippen LogP) is 0.693. The maximum Gasteiger partial charge on any atom is 0.500 e.